The summed E-state index contributed by atoms with van der Waals surface area (Å²) in [6, 6.07) is 0. The van der Waals surface area contributed by atoms with E-state index in [2.05, 4.69) is 91.4 Å². The topological polar surface area (TPSA) is 27.7 Å². The number of rotatable bonds is 31. The molecule has 4 rings (SSSR count). The summed E-state index contributed by atoms with van der Waals surface area (Å²) in [5.74, 6) is 5.52. The minimum absolute atomic E-state index is 0.182. The maximum Gasteiger partial charge on any atom is 0.180 e. The van der Waals surface area contributed by atoms with Crippen molar-refractivity contribution >= 4 is 18.4 Å². The lowest BCUT2D eigenvalue weighted by atomic mass is 9.47. The summed E-state index contributed by atoms with van der Waals surface area (Å²) < 4.78 is 20.4. The van der Waals surface area contributed by atoms with Crippen LogP contribution < -0.4 is 0 Å². The predicted molar refractivity (Wildman–Crippen MR) is 277 cm³/mol. The van der Waals surface area contributed by atoms with Gasteiger partial charge in [-0.3, -0.25) is 8.37 Å². The van der Waals surface area contributed by atoms with Crippen molar-refractivity contribution in [1.82, 2.24) is 0 Å². The van der Waals surface area contributed by atoms with E-state index in [0.717, 1.165) is 81.0 Å². The molecule has 10 unspecified atom stereocenters. The molecule has 0 amide bonds. The summed E-state index contributed by atoms with van der Waals surface area (Å²) in [6.07, 6.45) is 52.5. The Morgan fingerprint density at radius 1 is 0.758 bits per heavy atom. The van der Waals surface area contributed by atoms with Gasteiger partial charge in [0.15, 0.2) is 6.29 Å². The van der Waals surface area contributed by atoms with Gasteiger partial charge in [0.2, 0.25) is 0 Å². The molecule has 360 valence electrons. The van der Waals surface area contributed by atoms with E-state index in [1.54, 1.807) is 5.57 Å². The molecule has 0 heterocycles. The molecule has 0 aromatic rings. The molecule has 62 heavy (non-hydrogen) atoms. The van der Waals surface area contributed by atoms with Crippen molar-refractivity contribution in [1.29, 1.82) is 0 Å². The van der Waals surface area contributed by atoms with Crippen molar-refractivity contribution in [3.05, 3.63) is 36.0 Å². The second-order valence-corrected chi connectivity index (χ2v) is 24.3. The molecule has 0 aromatic heterocycles. The van der Waals surface area contributed by atoms with Crippen molar-refractivity contribution in [2.45, 2.75) is 254 Å². The maximum absolute atomic E-state index is 7.07. The summed E-state index contributed by atoms with van der Waals surface area (Å²) in [4.78, 5) is 0. The lowest BCUT2D eigenvalue weighted by Crippen LogP contribution is -2.51. The lowest BCUT2D eigenvalue weighted by Gasteiger charge is -2.58. The molecule has 0 saturated heterocycles. The highest BCUT2D eigenvalue weighted by Crippen LogP contribution is 2.67. The zero-order valence-corrected chi connectivity index (χ0v) is 44.1. The Bertz CT molecular complexity index is 1260. The van der Waals surface area contributed by atoms with Gasteiger partial charge in [0.1, 0.15) is 0 Å². The molecule has 5 heteroatoms. The third-order valence-corrected chi connectivity index (χ3v) is 18.0. The Labute approximate surface area is 391 Å². The first-order valence-corrected chi connectivity index (χ1v) is 29.6. The Morgan fingerprint density at radius 2 is 1.40 bits per heavy atom. The SMILES string of the molecule is CC.[B]CCCCCCOS(C)(C)OC(CCCCCCC/C=C\CCCCCCCC)OC1CCC2(C)C(=CCC3C2CCC2(C)C(C(C)/C=C/C(CC)C(C)C)CCC32)C1. The number of hydrogen-bond donors (Lipinski definition) is 0. The van der Waals surface area contributed by atoms with E-state index in [4.69, 9.17) is 20.9 Å². The molecule has 0 bridgehead atoms. The monoisotopic (exact) mass is 881 g/mol. The minimum Gasteiger partial charge on any atom is -0.347 e. The second-order valence-electron chi connectivity index (χ2n) is 21.6. The van der Waals surface area contributed by atoms with Gasteiger partial charge < -0.3 is 4.74 Å². The van der Waals surface area contributed by atoms with E-state index in [0.29, 0.717) is 22.7 Å². The van der Waals surface area contributed by atoms with Crippen LogP contribution >= 0.6 is 10.6 Å². The maximum atomic E-state index is 7.07. The summed E-state index contributed by atoms with van der Waals surface area (Å²) >= 11 is 0. The van der Waals surface area contributed by atoms with E-state index in [1.807, 2.05) is 13.8 Å². The van der Waals surface area contributed by atoms with Gasteiger partial charge in [0.25, 0.3) is 0 Å². The molecule has 4 aliphatic rings. The van der Waals surface area contributed by atoms with Crippen molar-refractivity contribution in [2.75, 3.05) is 19.1 Å². The molecule has 0 aromatic carbocycles. The predicted octanol–water partition coefficient (Wildman–Crippen LogP) is 18.3. The lowest BCUT2D eigenvalue weighted by molar-refractivity contribution is -0.137. The van der Waals surface area contributed by atoms with Gasteiger partial charge in [-0.2, -0.15) is 10.6 Å². The first-order valence-electron chi connectivity index (χ1n) is 27.3. The van der Waals surface area contributed by atoms with Gasteiger partial charge in [-0.25, -0.2) is 0 Å². The molecule has 0 aliphatic heterocycles. The Morgan fingerprint density at radius 3 is 2.06 bits per heavy atom. The molecular weight excluding hydrogens is 776 g/mol. The van der Waals surface area contributed by atoms with Crippen LogP contribution in [0.15, 0.2) is 36.0 Å². The zero-order valence-electron chi connectivity index (χ0n) is 43.3. The van der Waals surface area contributed by atoms with Crippen LogP contribution in [0.5, 0.6) is 0 Å². The smallest absolute Gasteiger partial charge is 0.180 e. The van der Waals surface area contributed by atoms with E-state index in [1.165, 1.54) is 135 Å². The van der Waals surface area contributed by atoms with Crippen LogP contribution in [0.4, 0.5) is 0 Å². The van der Waals surface area contributed by atoms with Crippen molar-refractivity contribution in [3.8, 4) is 0 Å². The summed E-state index contributed by atoms with van der Waals surface area (Å²) in [7, 11) is 4.06. The third-order valence-electron chi connectivity index (χ3n) is 16.6. The van der Waals surface area contributed by atoms with Crippen LogP contribution in [0, 0.1) is 52.3 Å². The van der Waals surface area contributed by atoms with Gasteiger partial charge in [-0.1, -0.05) is 175 Å². The van der Waals surface area contributed by atoms with Crippen LogP contribution in [0.1, 0.15) is 236 Å². The standard InChI is InChI=1S/C55H99BO3S.C2H6/c1-10-12-13-14-15-16-17-18-19-20-21-22-23-24-27-30-53(59-60(8,9)57-42-29-26-25-28-41-56)58-48-37-39-54(6)47(43-48)33-34-49-51-36-35-50(55(51,7)40-38-52(49)54)45(5)31-32-46(11-2)44(3)4;1-2/h18-19,31-33,44-46,48-53H,10-17,20-30,34-43H2,1-9H3;1-2H3/b19-18-,32-31+;. The number of unbranched alkanes of at least 4 members (excludes halogenated alkanes) is 14. The van der Waals surface area contributed by atoms with E-state index in [9.17, 15) is 0 Å². The summed E-state index contributed by atoms with van der Waals surface area (Å²) in [5.41, 5.74) is 2.54. The Kier molecular flexibility index (Phi) is 27.0. The van der Waals surface area contributed by atoms with Crippen molar-refractivity contribution in [3.63, 3.8) is 0 Å². The highest BCUT2D eigenvalue weighted by molar-refractivity contribution is 8.24. The first-order chi connectivity index (χ1) is 29.9. The van der Waals surface area contributed by atoms with E-state index in [-0.39, 0.29) is 12.4 Å². The van der Waals surface area contributed by atoms with Crippen LogP contribution in [0.25, 0.3) is 0 Å². The largest absolute Gasteiger partial charge is 0.347 e. The number of hydrogen-bond acceptors (Lipinski definition) is 3. The van der Waals surface area contributed by atoms with Gasteiger partial charge in [0.05, 0.1) is 20.6 Å². The van der Waals surface area contributed by atoms with E-state index < -0.39 is 10.6 Å². The van der Waals surface area contributed by atoms with Crippen LogP contribution in [0.3, 0.4) is 0 Å². The molecule has 4 aliphatic carbocycles. The Hall–Kier alpha value is -0.485. The number of allylic oxidation sites excluding steroid dienone is 5. The number of fused-ring (bicyclic) bond motifs is 5. The van der Waals surface area contributed by atoms with Crippen LogP contribution in [-0.4, -0.2) is 39.4 Å². The molecular formula is C57H105BO3S. The van der Waals surface area contributed by atoms with Crippen molar-refractivity contribution < 1.29 is 13.1 Å². The number of ether oxygens (including phenoxy) is 1. The molecule has 2 radical (unpaired) electrons. The normalized spacial score (nSPS) is 29.2. The molecule has 3 saturated carbocycles. The Balaban J connectivity index is 0.00000504. The van der Waals surface area contributed by atoms with Gasteiger partial charge in [-0.05, 0) is 149 Å². The zero-order chi connectivity index (χ0) is 45.4. The molecule has 0 spiro atoms. The fourth-order valence-electron chi connectivity index (χ4n) is 12.8. The van der Waals surface area contributed by atoms with E-state index >= 15 is 0 Å². The van der Waals surface area contributed by atoms with Gasteiger partial charge >= 0.3 is 0 Å². The molecule has 0 N–H and O–H groups in total. The fourth-order valence-corrected chi connectivity index (χ4v) is 14.0. The molecule has 3 nitrogen and oxygen atoms in total. The quantitative estimate of drug-likeness (QED) is 0.0301. The van der Waals surface area contributed by atoms with Crippen LogP contribution in [-0.2, 0) is 13.1 Å². The highest BCUT2D eigenvalue weighted by Gasteiger charge is 2.59. The third kappa shape index (κ3) is 17.6. The molecule has 3 fully saturated rings. The summed E-state index contributed by atoms with van der Waals surface area (Å²) in [6.45, 7) is 22.1. The van der Waals surface area contributed by atoms with Crippen molar-refractivity contribution in [2.24, 2.45) is 52.3 Å². The van der Waals surface area contributed by atoms with Gasteiger partial charge in [0, 0.05) is 18.9 Å². The minimum atomic E-state index is -1.66. The average Bonchev–Trinajstić information content (AvgIpc) is 3.61. The average molecular weight is 881 g/mol. The summed E-state index contributed by atoms with van der Waals surface area (Å²) in [5, 5.41) is 0. The second kappa shape index (κ2) is 30.0. The van der Waals surface area contributed by atoms with Crippen LogP contribution in [0.2, 0.25) is 6.32 Å². The molecule has 10 atom stereocenters. The van der Waals surface area contributed by atoms with Gasteiger partial charge in [-0.15, -0.1) is 0 Å². The highest BCUT2D eigenvalue weighted by atomic mass is 32.3. The fraction of sp³-hybridized carbons (Fsp3) is 0.895. The first kappa shape index (κ1) is 55.8.